The van der Waals surface area contributed by atoms with Crippen LogP contribution in [0, 0.1) is 11.6 Å². The highest BCUT2D eigenvalue weighted by Crippen LogP contribution is 2.28. The Morgan fingerprint density at radius 1 is 1.32 bits per heavy atom. The van der Waals surface area contributed by atoms with Crippen molar-refractivity contribution in [2.75, 3.05) is 17.6 Å². The molecule has 0 atom stereocenters. The zero-order chi connectivity index (χ0) is 18.6. The van der Waals surface area contributed by atoms with E-state index in [0.717, 1.165) is 10.3 Å². The van der Waals surface area contributed by atoms with Crippen LogP contribution in [0.1, 0.15) is 0 Å². The molecule has 0 N–H and O–H groups in total. The van der Waals surface area contributed by atoms with E-state index in [4.69, 9.17) is 16.3 Å². The Hall–Kier alpha value is -1.49. The third-order valence-corrected chi connectivity index (χ3v) is 6.41. The summed E-state index contributed by atoms with van der Waals surface area (Å²) in [6, 6.07) is 3.24. The van der Waals surface area contributed by atoms with Crippen LogP contribution in [0.2, 0.25) is 24.2 Å². The normalized spacial score (nSPS) is 11.9. The van der Waals surface area contributed by atoms with Crippen molar-refractivity contribution < 1.29 is 26.5 Å². The number of anilines is 1. The maximum Gasteiger partial charge on any atom is 0.270 e. The molecule has 1 heterocycles. The van der Waals surface area contributed by atoms with Gasteiger partial charge in [-0.3, -0.25) is 0 Å². The van der Waals surface area contributed by atoms with Crippen LogP contribution < -0.4 is 4.31 Å². The second kappa shape index (κ2) is 8.26. The minimum atomic E-state index is -4.43. The van der Waals surface area contributed by atoms with Gasteiger partial charge in [0.1, 0.15) is 29.5 Å². The molecule has 11 heteroatoms. The van der Waals surface area contributed by atoms with Crippen LogP contribution in [0.25, 0.3) is 0 Å². The zero-order valence-electron chi connectivity index (χ0n) is 13.5. The Morgan fingerprint density at radius 3 is 2.64 bits per heavy atom. The third kappa shape index (κ3) is 4.78. The Morgan fingerprint density at radius 2 is 2.04 bits per heavy atom. The van der Waals surface area contributed by atoms with Gasteiger partial charge >= 0.3 is 0 Å². The first-order chi connectivity index (χ1) is 11.7. The van der Waals surface area contributed by atoms with E-state index in [9.17, 15) is 17.2 Å². The quantitative estimate of drug-likeness (QED) is 0.288. The van der Waals surface area contributed by atoms with Gasteiger partial charge in [-0.25, -0.2) is 21.5 Å². The minimum absolute atomic E-state index is 0.0848. The lowest BCUT2D eigenvalue weighted by atomic mass is 10.3. The standard InChI is InChI=1S/C14H16ClF2N2O4SSi/c1-25(2)6-5-22-9-19(14-3-4-23-18-14)24(20,21)13-7-10(15)11(16)8-12(13)17/h3-4,7-8H,5-6,9H2,1-2H3. The molecule has 0 saturated carbocycles. The maximum absolute atomic E-state index is 14.0. The first kappa shape index (κ1) is 19.8. The molecule has 0 saturated heterocycles. The van der Waals surface area contributed by atoms with Crippen molar-refractivity contribution in [1.29, 1.82) is 0 Å². The van der Waals surface area contributed by atoms with Gasteiger partial charge in [0.15, 0.2) is 5.82 Å². The lowest BCUT2D eigenvalue weighted by Crippen LogP contribution is -2.34. The van der Waals surface area contributed by atoms with E-state index in [2.05, 4.69) is 22.8 Å². The summed E-state index contributed by atoms with van der Waals surface area (Å²) in [5, 5.41) is 3.05. The summed E-state index contributed by atoms with van der Waals surface area (Å²) in [6.07, 6.45) is 1.17. The molecule has 0 fully saturated rings. The molecule has 0 spiro atoms. The van der Waals surface area contributed by atoms with Crippen molar-refractivity contribution in [3.05, 3.63) is 41.1 Å². The van der Waals surface area contributed by atoms with Gasteiger partial charge in [-0.05, 0) is 12.1 Å². The Kier molecular flexibility index (Phi) is 6.55. The van der Waals surface area contributed by atoms with Crippen molar-refractivity contribution in [2.45, 2.75) is 24.0 Å². The third-order valence-electron chi connectivity index (χ3n) is 3.18. The van der Waals surface area contributed by atoms with Crippen LogP contribution in [0.3, 0.4) is 0 Å². The van der Waals surface area contributed by atoms with Gasteiger partial charge in [-0.1, -0.05) is 29.9 Å². The van der Waals surface area contributed by atoms with E-state index in [-0.39, 0.29) is 5.82 Å². The number of benzene rings is 1. The molecule has 0 aliphatic carbocycles. The molecule has 137 valence electrons. The number of halogens is 3. The van der Waals surface area contributed by atoms with Crippen LogP contribution >= 0.6 is 11.6 Å². The molecule has 1 aromatic heterocycles. The molecular formula is C14H16ClF2N2O4SSi. The van der Waals surface area contributed by atoms with Gasteiger partial charge in [0.2, 0.25) is 0 Å². The van der Waals surface area contributed by atoms with Gasteiger partial charge < -0.3 is 9.26 Å². The highest BCUT2D eigenvalue weighted by atomic mass is 35.5. The molecule has 2 aromatic rings. The lowest BCUT2D eigenvalue weighted by Gasteiger charge is -2.22. The second-order valence-electron chi connectivity index (χ2n) is 5.40. The van der Waals surface area contributed by atoms with Crippen molar-refractivity contribution in [3.8, 4) is 0 Å². The summed E-state index contributed by atoms with van der Waals surface area (Å²) in [5.74, 6) is -2.40. The fourth-order valence-corrected chi connectivity index (χ4v) is 3.98. The van der Waals surface area contributed by atoms with E-state index in [1.165, 1.54) is 12.3 Å². The summed E-state index contributed by atoms with van der Waals surface area (Å²) in [6.45, 7) is 4.14. The molecule has 1 aromatic carbocycles. The molecule has 0 bridgehead atoms. The van der Waals surface area contributed by atoms with Crippen LogP contribution in [0.4, 0.5) is 14.6 Å². The number of hydrogen-bond donors (Lipinski definition) is 0. The van der Waals surface area contributed by atoms with Gasteiger partial charge in [-0.2, -0.15) is 0 Å². The predicted octanol–water partition coefficient (Wildman–Crippen LogP) is 3.53. The Labute approximate surface area is 151 Å². The average Bonchev–Trinajstić information content (AvgIpc) is 3.04. The first-order valence-corrected chi connectivity index (χ1v) is 11.7. The Bertz CT molecular complexity index is 818. The fourth-order valence-electron chi connectivity index (χ4n) is 1.84. The van der Waals surface area contributed by atoms with Gasteiger partial charge in [-0.15, -0.1) is 0 Å². The largest absolute Gasteiger partial charge is 0.363 e. The molecule has 0 aliphatic heterocycles. The lowest BCUT2D eigenvalue weighted by molar-refractivity contribution is 0.156. The summed E-state index contributed by atoms with van der Waals surface area (Å²) in [5.41, 5.74) is 0. The van der Waals surface area contributed by atoms with E-state index in [1.807, 2.05) is 0 Å². The number of hydrogen-bond acceptors (Lipinski definition) is 5. The minimum Gasteiger partial charge on any atom is -0.363 e. The summed E-state index contributed by atoms with van der Waals surface area (Å²) >= 11 is 5.60. The molecule has 2 rings (SSSR count). The fraction of sp³-hybridized carbons (Fsp3) is 0.357. The topological polar surface area (TPSA) is 72.6 Å². The average molecular weight is 410 g/mol. The van der Waals surface area contributed by atoms with Gasteiger partial charge in [0, 0.05) is 27.5 Å². The van der Waals surface area contributed by atoms with Crippen LogP contribution in [-0.2, 0) is 14.8 Å². The van der Waals surface area contributed by atoms with Gasteiger partial charge in [0.25, 0.3) is 10.0 Å². The number of ether oxygens (including phenoxy) is 1. The predicted molar refractivity (Wildman–Crippen MR) is 90.6 cm³/mol. The molecule has 0 aliphatic rings. The van der Waals surface area contributed by atoms with E-state index >= 15 is 0 Å². The summed E-state index contributed by atoms with van der Waals surface area (Å²) in [4.78, 5) is -0.777. The van der Waals surface area contributed by atoms with E-state index in [1.54, 1.807) is 0 Å². The number of sulfonamides is 1. The van der Waals surface area contributed by atoms with Crippen LogP contribution in [-0.4, -0.2) is 35.7 Å². The monoisotopic (exact) mass is 409 g/mol. The smallest absolute Gasteiger partial charge is 0.270 e. The van der Waals surface area contributed by atoms with Crippen molar-refractivity contribution in [2.24, 2.45) is 0 Å². The molecule has 0 amide bonds. The zero-order valence-corrected chi connectivity index (χ0v) is 16.1. The summed E-state index contributed by atoms with van der Waals surface area (Å²) in [7, 11) is -4.96. The highest BCUT2D eigenvalue weighted by Gasteiger charge is 2.31. The van der Waals surface area contributed by atoms with Crippen LogP contribution in [0.5, 0.6) is 0 Å². The molecule has 0 unspecified atom stereocenters. The van der Waals surface area contributed by atoms with E-state index in [0.29, 0.717) is 18.7 Å². The van der Waals surface area contributed by atoms with Crippen molar-refractivity contribution in [3.63, 3.8) is 0 Å². The number of rotatable bonds is 8. The van der Waals surface area contributed by atoms with E-state index < -0.39 is 47.1 Å². The Balaban J connectivity index is 2.34. The molecule has 6 nitrogen and oxygen atoms in total. The molecule has 25 heavy (non-hydrogen) atoms. The summed E-state index contributed by atoms with van der Waals surface area (Å²) < 4.78 is 63.7. The van der Waals surface area contributed by atoms with Crippen molar-refractivity contribution in [1.82, 2.24) is 5.16 Å². The first-order valence-electron chi connectivity index (χ1n) is 7.18. The second-order valence-corrected chi connectivity index (χ2v) is 10.6. The number of aromatic nitrogens is 1. The highest BCUT2D eigenvalue weighted by molar-refractivity contribution is 7.92. The van der Waals surface area contributed by atoms with Gasteiger partial charge in [0.05, 0.1) is 5.02 Å². The SMILES string of the molecule is C[Si](C)CCOCN(c1ccon1)S(=O)(=O)c1cc(Cl)c(F)cc1F. The molecule has 1 radical (unpaired) electrons. The number of nitrogens with zero attached hydrogens (tertiary/aromatic N) is 2. The van der Waals surface area contributed by atoms with Crippen LogP contribution in [0.15, 0.2) is 33.9 Å². The maximum atomic E-state index is 14.0. The molecular weight excluding hydrogens is 394 g/mol. The van der Waals surface area contributed by atoms with Crippen molar-refractivity contribution >= 4 is 36.2 Å².